The zero-order chi connectivity index (χ0) is 12.4. The minimum Gasteiger partial charge on any atom is -0.347 e. The molecule has 2 saturated heterocycles. The van der Waals surface area contributed by atoms with E-state index in [-0.39, 0.29) is 0 Å². The zero-order valence-corrected chi connectivity index (χ0v) is 11.0. The van der Waals surface area contributed by atoms with Crippen LogP contribution in [0.4, 0.5) is 0 Å². The molecular weight excluding hydrogens is 244 g/mol. The van der Waals surface area contributed by atoms with Crippen molar-refractivity contribution in [2.24, 2.45) is 0 Å². The van der Waals surface area contributed by atoms with Gasteiger partial charge in [0.05, 0.1) is 13.2 Å². The first kappa shape index (κ1) is 13.2. The average Bonchev–Trinajstić information content (AvgIpc) is 2.76. The standard InChI is InChI=1S/C10H20N2O4S/c1-2-5-11-17(13,14)12-6-3-10(4-7-12)15-8-9-16-10/h11H,2-9H2,1H3. The van der Waals surface area contributed by atoms with Crippen LogP contribution in [-0.2, 0) is 19.7 Å². The molecule has 0 aromatic carbocycles. The largest absolute Gasteiger partial charge is 0.347 e. The predicted molar refractivity (Wildman–Crippen MR) is 62.7 cm³/mol. The highest BCUT2D eigenvalue weighted by Crippen LogP contribution is 2.31. The Balaban J connectivity index is 1.90. The number of ether oxygens (including phenoxy) is 2. The summed E-state index contributed by atoms with van der Waals surface area (Å²) in [5, 5.41) is 0. The molecule has 7 heteroatoms. The summed E-state index contributed by atoms with van der Waals surface area (Å²) in [7, 11) is -3.32. The second kappa shape index (κ2) is 5.19. The van der Waals surface area contributed by atoms with Crippen LogP contribution < -0.4 is 4.72 Å². The first-order valence-corrected chi connectivity index (χ1v) is 7.55. The maximum Gasteiger partial charge on any atom is 0.279 e. The van der Waals surface area contributed by atoms with E-state index in [4.69, 9.17) is 9.47 Å². The Morgan fingerprint density at radius 1 is 1.24 bits per heavy atom. The van der Waals surface area contributed by atoms with Crippen molar-refractivity contribution in [1.82, 2.24) is 9.03 Å². The third-order valence-electron chi connectivity index (χ3n) is 3.17. The Kier molecular flexibility index (Phi) is 4.04. The molecule has 0 saturated carbocycles. The lowest BCUT2D eigenvalue weighted by Gasteiger charge is -2.36. The molecule has 0 bridgehead atoms. The number of piperidine rings is 1. The summed E-state index contributed by atoms with van der Waals surface area (Å²) in [6.45, 7) is 4.56. The quantitative estimate of drug-likeness (QED) is 0.780. The van der Waals surface area contributed by atoms with E-state index in [1.165, 1.54) is 4.31 Å². The summed E-state index contributed by atoms with van der Waals surface area (Å²) in [4.78, 5) is 0. The molecular formula is C10H20N2O4S. The molecule has 0 atom stereocenters. The van der Waals surface area contributed by atoms with Gasteiger partial charge in [-0.3, -0.25) is 0 Å². The molecule has 0 aliphatic carbocycles. The van der Waals surface area contributed by atoms with Gasteiger partial charge in [0, 0.05) is 32.5 Å². The normalized spacial score (nSPS) is 25.5. The van der Waals surface area contributed by atoms with Gasteiger partial charge in [-0.25, -0.2) is 4.72 Å². The van der Waals surface area contributed by atoms with Crippen molar-refractivity contribution in [2.75, 3.05) is 32.8 Å². The Bertz CT molecular complexity index is 341. The van der Waals surface area contributed by atoms with Gasteiger partial charge in [-0.1, -0.05) is 6.92 Å². The van der Waals surface area contributed by atoms with Gasteiger partial charge in [-0.05, 0) is 6.42 Å². The van der Waals surface area contributed by atoms with Crippen molar-refractivity contribution in [1.29, 1.82) is 0 Å². The zero-order valence-electron chi connectivity index (χ0n) is 10.1. The number of hydrogen-bond acceptors (Lipinski definition) is 4. The lowest BCUT2D eigenvalue weighted by atomic mass is 10.1. The summed E-state index contributed by atoms with van der Waals surface area (Å²) >= 11 is 0. The summed E-state index contributed by atoms with van der Waals surface area (Å²) in [5.41, 5.74) is 0. The SMILES string of the molecule is CCCNS(=O)(=O)N1CCC2(CC1)OCCO2. The Morgan fingerprint density at radius 2 is 1.82 bits per heavy atom. The van der Waals surface area contributed by atoms with Crippen LogP contribution in [0, 0.1) is 0 Å². The third-order valence-corrected chi connectivity index (χ3v) is 4.79. The van der Waals surface area contributed by atoms with Gasteiger partial charge < -0.3 is 9.47 Å². The monoisotopic (exact) mass is 264 g/mol. The molecule has 0 radical (unpaired) electrons. The number of rotatable bonds is 4. The first-order valence-electron chi connectivity index (χ1n) is 6.11. The van der Waals surface area contributed by atoms with E-state index in [1.807, 2.05) is 6.92 Å². The van der Waals surface area contributed by atoms with Gasteiger partial charge in [0.1, 0.15) is 0 Å². The molecule has 6 nitrogen and oxygen atoms in total. The molecule has 2 rings (SSSR count). The van der Waals surface area contributed by atoms with Gasteiger partial charge in [0.15, 0.2) is 5.79 Å². The Hall–Kier alpha value is -0.210. The molecule has 0 unspecified atom stereocenters. The molecule has 1 N–H and O–H groups in total. The molecule has 2 aliphatic rings. The van der Waals surface area contributed by atoms with Crippen LogP contribution in [0.3, 0.4) is 0 Å². The highest BCUT2D eigenvalue weighted by molar-refractivity contribution is 7.87. The molecule has 17 heavy (non-hydrogen) atoms. The van der Waals surface area contributed by atoms with Crippen molar-refractivity contribution in [3.8, 4) is 0 Å². The lowest BCUT2D eigenvalue weighted by Crippen LogP contribution is -2.50. The van der Waals surface area contributed by atoms with Crippen molar-refractivity contribution in [3.63, 3.8) is 0 Å². The van der Waals surface area contributed by atoms with E-state index < -0.39 is 16.0 Å². The fourth-order valence-electron chi connectivity index (χ4n) is 2.18. The fraction of sp³-hybridized carbons (Fsp3) is 1.00. The highest BCUT2D eigenvalue weighted by Gasteiger charge is 2.42. The van der Waals surface area contributed by atoms with E-state index in [2.05, 4.69) is 4.72 Å². The van der Waals surface area contributed by atoms with Gasteiger partial charge in [-0.15, -0.1) is 0 Å². The van der Waals surface area contributed by atoms with Crippen molar-refractivity contribution in [2.45, 2.75) is 32.0 Å². The summed E-state index contributed by atoms with van der Waals surface area (Å²) in [5.74, 6) is -0.517. The van der Waals surface area contributed by atoms with Gasteiger partial charge in [-0.2, -0.15) is 12.7 Å². The highest BCUT2D eigenvalue weighted by atomic mass is 32.2. The van der Waals surface area contributed by atoms with Crippen LogP contribution in [-0.4, -0.2) is 51.4 Å². The minimum absolute atomic E-state index is 0.457. The molecule has 2 fully saturated rings. The maximum absolute atomic E-state index is 11.9. The molecule has 100 valence electrons. The summed E-state index contributed by atoms with van der Waals surface area (Å²) in [6, 6.07) is 0. The van der Waals surface area contributed by atoms with Gasteiger partial charge >= 0.3 is 0 Å². The van der Waals surface area contributed by atoms with Gasteiger partial charge in [0.25, 0.3) is 10.2 Å². The number of nitrogens with one attached hydrogen (secondary N) is 1. The van der Waals surface area contributed by atoms with Crippen LogP contribution in [0.15, 0.2) is 0 Å². The predicted octanol–water partition coefficient (Wildman–Crippen LogP) is 0.0697. The van der Waals surface area contributed by atoms with Crippen LogP contribution in [0.2, 0.25) is 0 Å². The lowest BCUT2D eigenvalue weighted by molar-refractivity contribution is -0.179. The smallest absolute Gasteiger partial charge is 0.279 e. The molecule has 0 amide bonds. The van der Waals surface area contributed by atoms with Crippen LogP contribution in [0.5, 0.6) is 0 Å². The second-order valence-electron chi connectivity index (χ2n) is 4.41. The minimum atomic E-state index is -3.32. The number of hydrogen-bond donors (Lipinski definition) is 1. The summed E-state index contributed by atoms with van der Waals surface area (Å²) in [6.07, 6.45) is 2.02. The van der Waals surface area contributed by atoms with Crippen LogP contribution >= 0.6 is 0 Å². The average molecular weight is 264 g/mol. The van der Waals surface area contributed by atoms with Gasteiger partial charge in [0.2, 0.25) is 0 Å². The maximum atomic E-state index is 11.9. The van der Waals surface area contributed by atoms with Crippen molar-refractivity contribution < 1.29 is 17.9 Å². The molecule has 2 aliphatic heterocycles. The Morgan fingerprint density at radius 3 is 2.35 bits per heavy atom. The van der Waals surface area contributed by atoms with Crippen LogP contribution in [0.25, 0.3) is 0 Å². The van der Waals surface area contributed by atoms with E-state index >= 15 is 0 Å². The molecule has 0 aromatic heterocycles. The van der Waals surface area contributed by atoms with Crippen molar-refractivity contribution >= 4 is 10.2 Å². The van der Waals surface area contributed by atoms with E-state index in [0.717, 1.165) is 6.42 Å². The molecule has 0 aromatic rings. The summed E-state index contributed by atoms with van der Waals surface area (Å²) < 4.78 is 38.9. The van der Waals surface area contributed by atoms with E-state index in [1.54, 1.807) is 0 Å². The number of nitrogens with zero attached hydrogens (tertiary/aromatic N) is 1. The first-order chi connectivity index (χ1) is 8.08. The van der Waals surface area contributed by atoms with E-state index in [9.17, 15) is 8.42 Å². The van der Waals surface area contributed by atoms with Crippen molar-refractivity contribution in [3.05, 3.63) is 0 Å². The Labute approximate surface area is 102 Å². The van der Waals surface area contributed by atoms with E-state index in [0.29, 0.717) is 45.7 Å². The fourth-order valence-corrected chi connectivity index (χ4v) is 3.48. The molecule has 1 spiro atoms. The topological polar surface area (TPSA) is 67.9 Å². The second-order valence-corrected chi connectivity index (χ2v) is 6.16. The molecule has 2 heterocycles. The third kappa shape index (κ3) is 2.97. The van der Waals surface area contributed by atoms with Crippen LogP contribution in [0.1, 0.15) is 26.2 Å².